The molecule has 1 heterocycles. The number of aliphatic imine (C=N–C) groups is 1. The fraction of sp³-hybridized carbons (Fsp3) is 0.682. The number of halogens is 1. The number of rotatable bonds is 7. The molecule has 1 aliphatic rings. The summed E-state index contributed by atoms with van der Waals surface area (Å²) in [6.07, 6.45) is 1.69. The summed E-state index contributed by atoms with van der Waals surface area (Å²) in [6, 6.07) is 5.39. The van der Waals surface area contributed by atoms with Gasteiger partial charge in [0.05, 0.1) is 23.6 Å². The fourth-order valence-corrected chi connectivity index (χ4v) is 4.78. The smallest absolute Gasteiger partial charge is 0.191 e. The number of aryl methyl sites for hydroxylation is 1. The molecule has 2 unspecified atom stereocenters. The number of nitrogens with zero attached hydrogens (tertiary/aromatic N) is 2. The van der Waals surface area contributed by atoms with E-state index in [1.165, 1.54) is 6.26 Å². The van der Waals surface area contributed by atoms with Crippen LogP contribution in [0.1, 0.15) is 45.7 Å². The van der Waals surface area contributed by atoms with E-state index in [0.717, 1.165) is 43.3 Å². The Labute approximate surface area is 205 Å². The largest absolute Gasteiger partial charge is 0.373 e. The van der Waals surface area contributed by atoms with Crippen molar-refractivity contribution >= 4 is 39.8 Å². The predicted molar refractivity (Wildman–Crippen MR) is 138 cm³/mol. The molecule has 0 bridgehead atoms. The van der Waals surface area contributed by atoms with Gasteiger partial charge in [-0.15, -0.1) is 24.0 Å². The predicted octanol–water partition coefficient (Wildman–Crippen LogP) is 2.96. The fourth-order valence-electron chi connectivity index (χ4n) is 3.82. The molecule has 9 heteroatoms. The van der Waals surface area contributed by atoms with Crippen molar-refractivity contribution in [3.05, 3.63) is 29.3 Å². The molecule has 0 spiro atoms. The molecule has 31 heavy (non-hydrogen) atoms. The monoisotopic (exact) mass is 566 g/mol. The molecule has 2 N–H and O–H groups in total. The third-order valence-electron chi connectivity index (χ3n) is 5.37. The molecule has 1 aliphatic heterocycles. The molecule has 1 saturated heterocycles. The van der Waals surface area contributed by atoms with Crippen molar-refractivity contribution in [1.82, 2.24) is 15.5 Å². The van der Waals surface area contributed by atoms with Crippen molar-refractivity contribution in [2.24, 2.45) is 4.99 Å². The number of hydrogen-bond acceptors (Lipinski definition) is 5. The van der Waals surface area contributed by atoms with Gasteiger partial charge in [-0.1, -0.05) is 12.1 Å². The van der Waals surface area contributed by atoms with Crippen LogP contribution in [0.5, 0.6) is 0 Å². The van der Waals surface area contributed by atoms with E-state index >= 15 is 0 Å². The summed E-state index contributed by atoms with van der Waals surface area (Å²) in [5, 5.41) is 6.76. The molecule has 1 fully saturated rings. The molecule has 0 aliphatic carbocycles. The Balaban J connectivity index is 0.00000480. The highest BCUT2D eigenvalue weighted by molar-refractivity contribution is 14.0. The van der Waals surface area contributed by atoms with Crippen molar-refractivity contribution in [1.29, 1.82) is 0 Å². The first-order valence-corrected chi connectivity index (χ1v) is 12.5. The van der Waals surface area contributed by atoms with Crippen LogP contribution in [-0.2, 0) is 21.1 Å². The van der Waals surface area contributed by atoms with Gasteiger partial charge in [0, 0.05) is 38.0 Å². The number of ether oxygens (including phenoxy) is 1. The van der Waals surface area contributed by atoms with Gasteiger partial charge in [-0.05, 0) is 58.7 Å². The maximum atomic E-state index is 11.8. The van der Waals surface area contributed by atoms with Crippen LogP contribution in [0.15, 0.2) is 28.1 Å². The van der Waals surface area contributed by atoms with Gasteiger partial charge in [0.25, 0.3) is 0 Å². The second kappa shape index (κ2) is 11.8. The first-order valence-electron chi connectivity index (χ1n) is 10.6. The van der Waals surface area contributed by atoms with Gasteiger partial charge in [-0.3, -0.25) is 4.90 Å². The normalized spacial score (nSPS) is 20.8. The highest BCUT2D eigenvalue weighted by Gasteiger charge is 2.33. The first kappa shape index (κ1) is 28.1. The number of sulfone groups is 1. The highest BCUT2D eigenvalue weighted by atomic mass is 127. The Bertz CT molecular complexity index is 848. The van der Waals surface area contributed by atoms with E-state index in [1.54, 1.807) is 6.07 Å². The topological polar surface area (TPSA) is 83.0 Å². The van der Waals surface area contributed by atoms with Crippen molar-refractivity contribution in [2.45, 2.75) is 70.7 Å². The maximum absolute atomic E-state index is 11.8. The molecule has 0 amide bonds. The summed E-state index contributed by atoms with van der Waals surface area (Å²) in [5.41, 5.74) is 1.68. The molecule has 7 nitrogen and oxygen atoms in total. The van der Waals surface area contributed by atoms with Crippen LogP contribution in [0.2, 0.25) is 0 Å². The van der Waals surface area contributed by atoms with E-state index in [9.17, 15) is 8.42 Å². The van der Waals surface area contributed by atoms with Crippen LogP contribution in [0.4, 0.5) is 0 Å². The Kier molecular flexibility index (Phi) is 10.7. The van der Waals surface area contributed by atoms with E-state index in [2.05, 4.69) is 43.2 Å². The van der Waals surface area contributed by atoms with Crippen molar-refractivity contribution in [3.8, 4) is 0 Å². The molecular formula is C22H39IN4O3S. The Morgan fingerprint density at radius 2 is 1.84 bits per heavy atom. The SMILES string of the molecule is CCNC(=NCc1ccc(S(C)(=O)=O)c(C)c1)NCC(C)(C)N1CC(C)OC(C)C1.I. The molecule has 1 aromatic carbocycles. The number of hydrogen-bond donors (Lipinski definition) is 2. The lowest BCUT2D eigenvalue weighted by Crippen LogP contribution is -2.59. The van der Waals surface area contributed by atoms with Crippen LogP contribution in [0, 0.1) is 6.92 Å². The molecule has 178 valence electrons. The summed E-state index contributed by atoms with van der Waals surface area (Å²) in [5.74, 6) is 0.754. The third-order valence-corrected chi connectivity index (χ3v) is 6.62. The Morgan fingerprint density at radius 1 is 1.23 bits per heavy atom. The summed E-state index contributed by atoms with van der Waals surface area (Å²) in [6.45, 7) is 16.4. The minimum absolute atomic E-state index is 0. The highest BCUT2D eigenvalue weighted by Crippen LogP contribution is 2.21. The quantitative estimate of drug-likeness (QED) is 0.300. The Hall–Kier alpha value is -0.910. The van der Waals surface area contributed by atoms with E-state index in [-0.39, 0.29) is 41.7 Å². The lowest BCUT2D eigenvalue weighted by Gasteiger charge is -2.45. The third kappa shape index (κ3) is 8.51. The summed E-state index contributed by atoms with van der Waals surface area (Å²) in [4.78, 5) is 7.54. The lowest BCUT2D eigenvalue weighted by molar-refractivity contribution is -0.0946. The van der Waals surface area contributed by atoms with E-state index in [1.807, 2.05) is 26.0 Å². The molecule has 0 saturated carbocycles. The van der Waals surface area contributed by atoms with Gasteiger partial charge in [0.2, 0.25) is 0 Å². The van der Waals surface area contributed by atoms with Crippen LogP contribution in [-0.4, -0.2) is 69.5 Å². The van der Waals surface area contributed by atoms with Gasteiger partial charge in [0.15, 0.2) is 15.8 Å². The second-order valence-electron chi connectivity index (χ2n) is 8.90. The number of benzene rings is 1. The van der Waals surface area contributed by atoms with Crippen molar-refractivity contribution in [2.75, 3.05) is 32.4 Å². The van der Waals surface area contributed by atoms with Crippen molar-refractivity contribution < 1.29 is 13.2 Å². The summed E-state index contributed by atoms with van der Waals surface area (Å²) >= 11 is 0. The van der Waals surface area contributed by atoms with Gasteiger partial charge >= 0.3 is 0 Å². The van der Waals surface area contributed by atoms with Gasteiger partial charge in [0.1, 0.15) is 0 Å². The molecule has 1 aromatic rings. The number of nitrogens with one attached hydrogen (secondary N) is 2. The molecule has 2 atom stereocenters. The van der Waals surface area contributed by atoms with Gasteiger partial charge in [-0.2, -0.15) is 0 Å². The second-order valence-corrected chi connectivity index (χ2v) is 10.9. The summed E-state index contributed by atoms with van der Waals surface area (Å²) in [7, 11) is -3.21. The number of morpholine rings is 1. The average Bonchev–Trinajstić information content (AvgIpc) is 2.62. The van der Waals surface area contributed by atoms with Crippen LogP contribution < -0.4 is 10.6 Å². The maximum Gasteiger partial charge on any atom is 0.191 e. The molecular weight excluding hydrogens is 527 g/mol. The standard InChI is InChI=1S/C22H38N4O3S.HI/c1-8-23-21(24-12-19-9-10-20(16(2)11-19)30(7,27)28)25-15-22(5,6)26-13-17(3)29-18(4)14-26;/h9-11,17-18H,8,12-15H2,1-7H3,(H2,23,24,25);1H. The Morgan fingerprint density at radius 3 is 2.35 bits per heavy atom. The van der Waals surface area contributed by atoms with Crippen LogP contribution >= 0.6 is 24.0 Å². The van der Waals surface area contributed by atoms with Crippen molar-refractivity contribution in [3.63, 3.8) is 0 Å². The van der Waals surface area contributed by atoms with Gasteiger partial charge in [-0.25, -0.2) is 13.4 Å². The zero-order chi connectivity index (χ0) is 22.5. The van der Waals surface area contributed by atoms with Crippen LogP contribution in [0.3, 0.4) is 0 Å². The first-order chi connectivity index (χ1) is 13.9. The van der Waals surface area contributed by atoms with Gasteiger partial charge < -0.3 is 15.4 Å². The molecule has 0 aromatic heterocycles. The minimum Gasteiger partial charge on any atom is -0.373 e. The molecule has 2 rings (SSSR count). The zero-order valence-electron chi connectivity index (χ0n) is 19.9. The molecule has 0 radical (unpaired) electrons. The van der Waals surface area contributed by atoms with E-state index in [4.69, 9.17) is 9.73 Å². The average molecular weight is 567 g/mol. The van der Waals surface area contributed by atoms with Crippen LogP contribution in [0.25, 0.3) is 0 Å². The summed E-state index contributed by atoms with van der Waals surface area (Å²) < 4.78 is 29.5. The van der Waals surface area contributed by atoms with E-state index < -0.39 is 9.84 Å². The zero-order valence-corrected chi connectivity index (χ0v) is 23.0. The minimum atomic E-state index is -3.21. The number of guanidine groups is 1. The van der Waals surface area contributed by atoms with E-state index in [0.29, 0.717) is 11.4 Å². The lowest BCUT2D eigenvalue weighted by atomic mass is 10.00.